The summed E-state index contributed by atoms with van der Waals surface area (Å²) >= 11 is 5.79. The molecule has 1 saturated carbocycles. The molecule has 1 aromatic rings. The molecule has 1 fully saturated rings. The van der Waals surface area contributed by atoms with E-state index in [4.69, 9.17) is 11.6 Å². The molecule has 18 heavy (non-hydrogen) atoms. The van der Waals surface area contributed by atoms with Gasteiger partial charge in [0, 0.05) is 25.3 Å². The van der Waals surface area contributed by atoms with E-state index in [1.165, 1.54) is 37.7 Å². The third kappa shape index (κ3) is 3.94. The molecule has 1 aliphatic carbocycles. The number of aromatic nitrogens is 1. The van der Waals surface area contributed by atoms with Gasteiger partial charge < -0.3 is 5.11 Å². The quantitative estimate of drug-likeness (QED) is 0.835. The van der Waals surface area contributed by atoms with Crippen molar-refractivity contribution in [3.8, 4) is 0 Å². The van der Waals surface area contributed by atoms with Crippen LogP contribution in [-0.4, -0.2) is 34.2 Å². The van der Waals surface area contributed by atoms with Crippen LogP contribution in [0.1, 0.15) is 37.7 Å². The Kier molecular flexibility index (Phi) is 5.42. The van der Waals surface area contributed by atoms with E-state index < -0.39 is 0 Å². The minimum atomic E-state index is 0.220. The van der Waals surface area contributed by atoms with Crippen molar-refractivity contribution < 1.29 is 5.11 Å². The Morgan fingerprint density at radius 3 is 2.67 bits per heavy atom. The number of hydrogen-bond donors (Lipinski definition) is 1. The largest absolute Gasteiger partial charge is 0.395 e. The van der Waals surface area contributed by atoms with Crippen molar-refractivity contribution in [1.82, 2.24) is 9.88 Å². The van der Waals surface area contributed by atoms with Gasteiger partial charge in [-0.2, -0.15) is 0 Å². The Hall–Kier alpha value is -0.640. The number of aliphatic hydroxyl groups excluding tert-OH is 1. The summed E-state index contributed by atoms with van der Waals surface area (Å²) in [5, 5.41) is 9.74. The lowest BCUT2D eigenvalue weighted by atomic mass is 9.94. The third-order valence-corrected chi connectivity index (χ3v) is 3.88. The van der Waals surface area contributed by atoms with Crippen LogP contribution in [0.15, 0.2) is 18.3 Å². The Morgan fingerprint density at radius 2 is 2.06 bits per heavy atom. The van der Waals surface area contributed by atoms with Crippen molar-refractivity contribution in [3.63, 3.8) is 0 Å². The summed E-state index contributed by atoms with van der Waals surface area (Å²) in [5.74, 6) is 0. The highest BCUT2D eigenvalue weighted by Gasteiger charge is 2.20. The van der Waals surface area contributed by atoms with Crippen LogP contribution in [0.2, 0.25) is 5.15 Å². The summed E-state index contributed by atoms with van der Waals surface area (Å²) in [6.45, 7) is 1.82. The molecule has 0 aliphatic heterocycles. The van der Waals surface area contributed by atoms with Crippen molar-refractivity contribution in [1.29, 1.82) is 0 Å². The summed E-state index contributed by atoms with van der Waals surface area (Å²) in [5.41, 5.74) is 1.17. The Balaban J connectivity index is 1.98. The maximum absolute atomic E-state index is 9.21. The van der Waals surface area contributed by atoms with E-state index in [0.29, 0.717) is 11.2 Å². The minimum absolute atomic E-state index is 0.220. The second-order valence-electron chi connectivity index (χ2n) is 4.98. The van der Waals surface area contributed by atoms with Crippen LogP contribution < -0.4 is 0 Å². The average molecular weight is 269 g/mol. The molecule has 0 radical (unpaired) electrons. The standard InChI is InChI=1S/C14H21ClN2O/c15-14-7-6-12(10-16-14)11-17(8-9-18)13-4-2-1-3-5-13/h6-7,10,13,18H,1-5,8-9,11H2. The highest BCUT2D eigenvalue weighted by Crippen LogP contribution is 2.23. The molecule has 0 saturated heterocycles. The van der Waals surface area contributed by atoms with Gasteiger partial charge in [-0.05, 0) is 24.5 Å². The van der Waals surface area contributed by atoms with Gasteiger partial charge >= 0.3 is 0 Å². The van der Waals surface area contributed by atoms with E-state index in [-0.39, 0.29) is 6.61 Å². The first-order valence-corrected chi connectivity index (χ1v) is 7.13. The molecule has 1 N–H and O–H groups in total. The lowest BCUT2D eigenvalue weighted by molar-refractivity contribution is 0.117. The first-order valence-electron chi connectivity index (χ1n) is 6.75. The van der Waals surface area contributed by atoms with Gasteiger partial charge in [0.25, 0.3) is 0 Å². The zero-order valence-electron chi connectivity index (χ0n) is 10.7. The zero-order valence-corrected chi connectivity index (χ0v) is 11.4. The van der Waals surface area contributed by atoms with Crippen molar-refractivity contribution >= 4 is 11.6 Å². The molecule has 0 atom stereocenters. The molecular weight excluding hydrogens is 248 g/mol. The maximum atomic E-state index is 9.21. The molecule has 0 bridgehead atoms. The number of halogens is 1. The number of nitrogens with zero attached hydrogens (tertiary/aromatic N) is 2. The molecule has 1 aliphatic rings. The smallest absolute Gasteiger partial charge is 0.129 e. The second kappa shape index (κ2) is 7.07. The van der Waals surface area contributed by atoms with Crippen molar-refractivity contribution in [2.45, 2.75) is 44.7 Å². The predicted molar refractivity (Wildman–Crippen MR) is 73.6 cm³/mol. The third-order valence-electron chi connectivity index (χ3n) is 3.65. The van der Waals surface area contributed by atoms with E-state index >= 15 is 0 Å². The first kappa shape index (κ1) is 13.8. The molecule has 1 aromatic heterocycles. The minimum Gasteiger partial charge on any atom is -0.395 e. The van der Waals surface area contributed by atoms with Gasteiger partial charge in [0.2, 0.25) is 0 Å². The highest BCUT2D eigenvalue weighted by molar-refractivity contribution is 6.29. The Bertz CT molecular complexity index is 349. The van der Waals surface area contributed by atoms with Crippen LogP contribution >= 0.6 is 11.6 Å². The fourth-order valence-corrected chi connectivity index (χ4v) is 2.81. The van der Waals surface area contributed by atoms with Gasteiger partial charge in [0.05, 0.1) is 6.61 Å². The van der Waals surface area contributed by atoms with Crippen LogP contribution in [0.4, 0.5) is 0 Å². The van der Waals surface area contributed by atoms with E-state index in [9.17, 15) is 5.11 Å². The molecule has 4 heteroatoms. The zero-order chi connectivity index (χ0) is 12.8. The fourth-order valence-electron chi connectivity index (χ4n) is 2.70. The van der Waals surface area contributed by atoms with Crippen LogP contribution in [-0.2, 0) is 6.54 Å². The molecule has 0 aromatic carbocycles. The molecule has 1 heterocycles. The normalized spacial score (nSPS) is 17.3. The van der Waals surface area contributed by atoms with Crippen LogP contribution in [0.25, 0.3) is 0 Å². The monoisotopic (exact) mass is 268 g/mol. The van der Waals surface area contributed by atoms with Gasteiger partial charge in [-0.25, -0.2) is 4.98 Å². The van der Waals surface area contributed by atoms with Gasteiger partial charge in [0.1, 0.15) is 5.15 Å². The van der Waals surface area contributed by atoms with Gasteiger partial charge in [-0.15, -0.1) is 0 Å². The van der Waals surface area contributed by atoms with Crippen molar-refractivity contribution in [2.75, 3.05) is 13.2 Å². The lowest BCUT2D eigenvalue weighted by Gasteiger charge is -2.33. The summed E-state index contributed by atoms with van der Waals surface area (Å²) in [4.78, 5) is 6.49. The lowest BCUT2D eigenvalue weighted by Crippen LogP contribution is -2.38. The molecule has 0 spiro atoms. The van der Waals surface area contributed by atoms with E-state index in [1.807, 2.05) is 18.3 Å². The molecule has 2 rings (SSSR count). The highest BCUT2D eigenvalue weighted by atomic mass is 35.5. The summed E-state index contributed by atoms with van der Waals surface area (Å²) in [6.07, 6.45) is 8.31. The number of rotatable bonds is 5. The number of pyridine rings is 1. The van der Waals surface area contributed by atoms with Crippen LogP contribution in [0.5, 0.6) is 0 Å². The fraction of sp³-hybridized carbons (Fsp3) is 0.643. The van der Waals surface area contributed by atoms with Gasteiger partial charge in [-0.1, -0.05) is 36.9 Å². The number of aliphatic hydroxyl groups is 1. The predicted octanol–water partition coefficient (Wildman–Crippen LogP) is 2.86. The summed E-state index contributed by atoms with van der Waals surface area (Å²) < 4.78 is 0. The van der Waals surface area contributed by atoms with E-state index in [0.717, 1.165) is 13.1 Å². The second-order valence-corrected chi connectivity index (χ2v) is 5.36. The molecule has 100 valence electrons. The molecule has 0 amide bonds. The van der Waals surface area contributed by atoms with Crippen LogP contribution in [0.3, 0.4) is 0 Å². The van der Waals surface area contributed by atoms with Gasteiger partial charge in [0.15, 0.2) is 0 Å². The molecular formula is C14H21ClN2O. The Morgan fingerprint density at radius 1 is 1.28 bits per heavy atom. The van der Waals surface area contributed by atoms with Crippen molar-refractivity contribution in [3.05, 3.63) is 29.0 Å². The topological polar surface area (TPSA) is 36.4 Å². The molecule has 0 unspecified atom stereocenters. The summed E-state index contributed by atoms with van der Waals surface area (Å²) in [6, 6.07) is 4.46. The SMILES string of the molecule is OCCN(Cc1ccc(Cl)nc1)C1CCCCC1. The van der Waals surface area contributed by atoms with E-state index in [1.54, 1.807) is 0 Å². The number of hydrogen-bond acceptors (Lipinski definition) is 3. The van der Waals surface area contributed by atoms with E-state index in [2.05, 4.69) is 9.88 Å². The molecule has 3 nitrogen and oxygen atoms in total. The maximum Gasteiger partial charge on any atom is 0.129 e. The van der Waals surface area contributed by atoms with Crippen LogP contribution in [0, 0.1) is 0 Å². The average Bonchev–Trinajstić information content (AvgIpc) is 2.42. The van der Waals surface area contributed by atoms with Gasteiger partial charge in [-0.3, -0.25) is 4.90 Å². The summed E-state index contributed by atoms with van der Waals surface area (Å²) in [7, 11) is 0. The van der Waals surface area contributed by atoms with Crippen molar-refractivity contribution in [2.24, 2.45) is 0 Å². The first-order chi connectivity index (χ1) is 8.79. The Labute approximate surface area is 114 Å².